The lowest BCUT2D eigenvalue weighted by Crippen LogP contribution is -2.04. The zero-order valence-electron chi connectivity index (χ0n) is 10.9. The molecule has 16 heavy (non-hydrogen) atoms. The Morgan fingerprint density at radius 2 is 1.94 bits per heavy atom. The fourth-order valence-corrected chi connectivity index (χ4v) is 1.95. The highest BCUT2D eigenvalue weighted by Crippen LogP contribution is 2.21. The van der Waals surface area contributed by atoms with Crippen molar-refractivity contribution >= 4 is 5.69 Å². The summed E-state index contributed by atoms with van der Waals surface area (Å²) in [5.74, 6) is 0.739. The van der Waals surface area contributed by atoms with Gasteiger partial charge in [-0.25, -0.2) is 0 Å². The summed E-state index contributed by atoms with van der Waals surface area (Å²) in [6.45, 7) is 12.7. The van der Waals surface area contributed by atoms with Crippen molar-refractivity contribution in [2.45, 2.75) is 40.0 Å². The van der Waals surface area contributed by atoms with Crippen LogP contribution in [-0.4, -0.2) is 0 Å². The van der Waals surface area contributed by atoms with E-state index in [-0.39, 0.29) is 0 Å². The second-order valence-electron chi connectivity index (χ2n) is 4.24. The Bertz CT molecular complexity index is 284. The molecular formula is C15H25N. The Labute approximate surface area is 100 Å². The van der Waals surface area contributed by atoms with Gasteiger partial charge in [-0.2, -0.15) is 0 Å². The van der Waals surface area contributed by atoms with Crippen LogP contribution in [0.15, 0.2) is 31.4 Å². The first-order valence-corrected chi connectivity index (χ1v) is 5.99. The standard InChI is InChI=1S/C13H21N.C2H4/c1-4-6-10(2)9-12-11(3)7-5-8-13(12)14;1-2/h5,7-8,10H,4,6,9,14H2,1-3H3;1-2H2. The molecule has 0 radical (unpaired) electrons. The van der Waals surface area contributed by atoms with Crippen LogP contribution in [0.2, 0.25) is 0 Å². The van der Waals surface area contributed by atoms with Crippen LogP contribution < -0.4 is 5.73 Å². The molecule has 0 saturated carbocycles. The van der Waals surface area contributed by atoms with Crippen molar-refractivity contribution in [1.29, 1.82) is 0 Å². The van der Waals surface area contributed by atoms with Gasteiger partial charge < -0.3 is 5.73 Å². The normalized spacial score (nSPS) is 11.4. The van der Waals surface area contributed by atoms with Gasteiger partial charge in [0.25, 0.3) is 0 Å². The molecule has 0 aliphatic carbocycles. The van der Waals surface area contributed by atoms with Crippen LogP contribution in [0.1, 0.15) is 37.8 Å². The molecule has 1 aromatic rings. The third-order valence-corrected chi connectivity index (χ3v) is 2.78. The van der Waals surface area contributed by atoms with Crippen molar-refractivity contribution in [2.75, 3.05) is 5.73 Å². The lowest BCUT2D eigenvalue weighted by molar-refractivity contribution is 0.522. The van der Waals surface area contributed by atoms with Crippen molar-refractivity contribution in [3.8, 4) is 0 Å². The van der Waals surface area contributed by atoms with Crippen molar-refractivity contribution < 1.29 is 0 Å². The van der Waals surface area contributed by atoms with Gasteiger partial charge >= 0.3 is 0 Å². The fourth-order valence-electron chi connectivity index (χ4n) is 1.95. The van der Waals surface area contributed by atoms with Crippen LogP contribution in [0.5, 0.6) is 0 Å². The fraction of sp³-hybridized carbons (Fsp3) is 0.467. The number of rotatable bonds is 4. The van der Waals surface area contributed by atoms with E-state index in [9.17, 15) is 0 Å². The molecule has 0 aliphatic rings. The van der Waals surface area contributed by atoms with Gasteiger partial charge in [0.05, 0.1) is 0 Å². The minimum atomic E-state index is 0.739. The molecule has 1 nitrogen and oxygen atoms in total. The van der Waals surface area contributed by atoms with Crippen LogP contribution in [0.4, 0.5) is 5.69 Å². The Morgan fingerprint density at radius 1 is 1.31 bits per heavy atom. The molecule has 0 fully saturated rings. The molecule has 0 amide bonds. The Balaban J connectivity index is 0.00000106. The van der Waals surface area contributed by atoms with Crippen LogP contribution in [0.3, 0.4) is 0 Å². The summed E-state index contributed by atoms with van der Waals surface area (Å²) in [7, 11) is 0. The summed E-state index contributed by atoms with van der Waals surface area (Å²) >= 11 is 0. The molecule has 0 aliphatic heterocycles. The van der Waals surface area contributed by atoms with Crippen molar-refractivity contribution in [2.24, 2.45) is 5.92 Å². The molecule has 0 aromatic heterocycles. The number of anilines is 1. The number of benzene rings is 1. The molecule has 0 heterocycles. The Morgan fingerprint density at radius 3 is 2.44 bits per heavy atom. The van der Waals surface area contributed by atoms with E-state index in [2.05, 4.69) is 40.0 Å². The van der Waals surface area contributed by atoms with Crippen molar-refractivity contribution in [3.63, 3.8) is 0 Å². The highest BCUT2D eigenvalue weighted by Gasteiger charge is 2.07. The quantitative estimate of drug-likeness (QED) is 0.591. The summed E-state index contributed by atoms with van der Waals surface area (Å²) < 4.78 is 0. The third kappa shape index (κ3) is 4.52. The van der Waals surface area contributed by atoms with Gasteiger partial charge in [0.15, 0.2) is 0 Å². The molecule has 2 N–H and O–H groups in total. The molecule has 1 heteroatoms. The predicted octanol–water partition coefficient (Wildman–Crippen LogP) is 4.36. The summed E-state index contributed by atoms with van der Waals surface area (Å²) in [5.41, 5.74) is 9.59. The summed E-state index contributed by atoms with van der Waals surface area (Å²) in [6, 6.07) is 6.17. The average Bonchev–Trinajstić information content (AvgIpc) is 2.27. The van der Waals surface area contributed by atoms with E-state index in [4.69, 9.17) is 5.73 Å². The monoisotopic (exact) mass is 219 g/mol. The Hall–Kier alpha value is -1.24. The topological polar surface area (TPSA) is 26.0 Å². The molecule has 1 atom stereocenters. The largest absolute Gasteiger partial charge is 0.398 e. The smallest absolute Gasteiger partial charge is 0.0349 e. The zero-order chi connectivity index (χ0) is 12.6. The van der Waals surface area contributed by atoms with Gasteiger partial charge in [0.1, 0.15) is 0 Å². The number of aryl methyl sites for hydroxylation is 1. The first kappa shape index (κ1) is 14.8. The predicted molar refractivity (Wildman–Crippen MR) is 74.6 cm³/mol. The molecule has 1 rings (SSSR count). The van der Waals surface area contributed by atoms with Crippen molar-refractivity contribution in [1.82, 2.24) is 0 Å². The van der Waals surface area contributed by atoms with E-state index in [0.29, 0.717) is 0 Å². The molecule has 0 saturated heterocycles. The highest BCUT2D eigenvalue weighted by atomic mass is 14.6. The minimum Gasteiger partial charge on any atom is -0.398 e. The maximum absolute atomic E-state index is 5.97. The lowest BCUT2D eigenvalue weighted by Gasteiger charge is -2.14. The second-order valence-corrected chi connectivity index (χ2v) is 4.24. The van der Waals surface area contributed by atoms with Gasteiger partial charge in [0, 0.05) is 5.69 Å². The van der Waals surface area contributed by atoms with E-state index in [1.807, 2.05) is 12.1 Å². The van der Waals surface area contributed by atoms with Gasteiger partial charge in [-0.05, 0) is 36.5 Å². The lowest BCUT2D eigenvalue weighted by atomic mass is 9.93. The van der Waals surface area contributed by atoms with Crippen LogP contribution >= 0.6 is 0 Å². The van der Waals surface area contributed by atoms with Crippen LogP contribution in [-0.2, 0) is 6.42 Å². The van der Waals surface area contributed by atoms with Crippen molar-refractivity contribution in [3.05, 3.63) is 42.5 Å². The molecule has 0 spiro atoms. The third-order valence-electron chi connectivity index (χ3n) is 2.78. The molecule has 90 valence electrons. The summed E-state index contributed by atoms with van der Waals surface area (Å²) in [6.07, 6.45) is 3.66. The van der Waals surface area contributed by atoms with E-state index in [1.165, 1.54) is 24.0 Å². The number of nitrogen functional groups attached to an aromatic ring is 1. The maximum atomic E-state index is 5.97. The molecular weight excluding hydrogens is 194 g/mol. The van der Waals surface area contributed by atoms with Gasteiger partial charge in [0.2, 0.25) is 0 Å². The van der Waals surface area contributed by atoms with E-state index in [1.54, 1.807) is 0 Å². The molecule has 1 unspecified atom stereocenters. The van der Waals surface area contributed by atoms with E-state index < -0.39 is 0 Å². The van der Waals surface area contributed by atoms with E-state index >= 15 is 0 Å². The second kappa shape index (κ2) is 7.98. The summed E-state index contributed by atoms with van der Waals surface area (Å²) in [4.78, 5) is 0. The van der Waals surface area contributed by atoms with Gasteiger partial charge in [-0.3, -0.25) is 0 Å². The van der Waals surface area contributed by atoms with Crippen LogP contribution in [0, 0.1) is 12.8 Å². The number of hydrogen-bond donors (Lipinski definition) is 1. The van der Waals surface area contributed by atoms with Crippen LogP contribution in [0.25, 0.3) is 0 Å². The summed E-state index contributed by atoms with van der Waals surface area (Å²) in [5, 5.41) is 0. The number of nitrogens with two attached hydrogens (primary N) is 1. The highest BCUT2D eigenvalue weighted by molar-refractivity contribution is 5.50. The first-order valence-electron chi connectivity index (χ1n) is 5.99. The molecule has 1 aromatic carbocycles. The Kier molecular flexibility index (Phi) is 7.36. The average molecular weight is 219 g/mol. The first-order chi connectivity index (χ1) is 7.65. The zero-order valence-corrected chi connectivity index (χ0v) is 10.9. The van der Waals surface area contributed by atoms with Gasteiger partial charge in [-0.1, -0.05) is 38.8 Å². The number of hydrogen-bond acceptors (Lipinski definition) is 1. The van der Waals surface area contributed by atoms with Gasteiger partial charge in [-0.15, -0.1) is 13.2 Å². The maximum Gasteiger partial charge on any atom is 0.0349 e. The minimum absolute atomic E-state index is 0.739. The van der Waals surface area contributed by atoms with E-state index in [0.717, 1.165) is 18.0 Å². The SMILES string of the molecule is C=C.CCCC(C)Cc1c(C)cccc1N. The molecule has 0 bridgehead atoms.